The number of hydrogen-bond acceptors (Lipinski definition) is 18. The van der Waals surface area contributed by atoms with E-state index in [4.69, 9.17) is 58.3 Å². The standard InChI is InChI=1S/C126H198N6O12/c1-7-13-19-25-31-37-43-49-55-61-67-73-85-139-115-91-109-110(92-116(115)140-86-74-68-62-56-50-44-38-32-26-20-14-8-2)128-98-104-81-82-106(124(136)122(104)134)100-130-113-95-119(143-89-77-71-65-59-53-47-41-35-29-23-17-11-5)120(144-90-78-72-66-60-54-48-42-36-30-24-18-12-6)96-114(113)132-102-108-84-83-107(125(137)126(108)138)101-131-112-94-118(142-88-76-70-64-58-52-46-40-34-28-22-16-10-4)117(141-87-75-69-63-57-51-45-39-33-27-21-15-9-3)93-111(112)129-99-105-80-79-103(97-127-109)121(133)123(105)135/h79-84,91-102,133-138H,7-78,85-90H2,1-6H3. The number of aromatic nitrogens is 6. The smallest absolute Gasteiger partial charge is 0.167 e. The zero-order chi connectivity index (χ0) is 102. The summed E-state index contributed by atoms with van der Waals surface area (Å²) in [7, 11) is 0. The summed E-state index contributed by atoms with van der Waals surface area (Å²) in [6.45, 7) is 16.3. The Morgan fingerprint density at radius 3 is 0.347 bits per heavy atom. The number of rotatable bonds is 84. The lowest BCUT2D eigenvalue weighted by Gasteiger charge is -2.14. The average molecular weight is 1990 g/mol. The van der Waals surface area contributed by atoms with Crippen LogP contribution in [-0.2, 0) is 0 Å². The number of benzene rings is 6. The van der Waals surface area contributed by atoms with E-state index in [-0.39, 0.29) is 32.3 Å². The molecule has 18 nitrogen and oxygen atoms in total. The molecule has 6 aromatic carbocycles. The molecule has 0 saturated heterocycles. The van der Waals surface area contributed by atoms with Crippen molar-refractivity contribution in [2.24, 2.45) is 0 Å². The zero-order valence-electron chi connectivity index (χ0n) is 91.4. The summed E-state index contributed by atoms with van der Waals surface area (Å²) >= 11 is 0. The monoisotopic (exact) mass is 1990 g/mol. The Balaban J connectivity index is 1.39. The predicted octanol–water partition coefficient (Wildman–Crippen LogP) is 38.7. The largest absolute Gasteiger partial charge is 0.504 e. The fourth-order valence-corrected chi connectivity index (χ4v) is 19.0. The van der Waals surface area contributed by atoms with Crippen molar-refractivity contribution in [1.82, 2.24) is 29.9 Å². The molecule has 0 amide bonds. The number of aromatic hydroxyl groups is 6. The number of ether oxygens (including phenoxy) is 6. The second kappa shape index (κ2) is 81.0. The molecule has 804 valence electrons. The van der Waals surface area contributed by atoms with Crippen molar-refractivity contribution in [3.05, 3.63) is 110 Å². The van der Waals surface area contributed by atoms with E-state index in [2.05, 4.69) is 41.5 Å². The Morgan fingerprint density at radius 2 is 0.243 bits per heavy atom. The first-order valence-corrected chi connectivity index (χ1v) is 59.1. The van der Waals surface area contributed by atoms with Crippen LogP contribution >= 0.6 is 0 Å². The van der Waals surface area contributed by atoms with Gasteiger partial charge in [-0.05, 0) is 74.9 Å². The van der Waals surface area contributed by atoms with Crippen LogP contribution in [0.2, 0.25) is 0 Å². The first kappa shape index (κ1) is 122. The minimum Gasteiger partial charge on any atom is -0.504 e. The minimum absolute atomic E-state index is 0.194. The van der Waals surface area contributed by atoms with Gasteiger partial charge < -0.3 is 59.1 Å². The third-order valence-corrected chi connectivity index (χ3v) is 28.4. The van der Waals surface area contributed by atoms with E-state index < -0.39 is 34.5 Å². The van der Waals surface area contributed by atoms with Crippen LogP contribution in [0.5, 0.6) is 69.0 Å². The first-order valence-electron chi connectivity index (χ1n) is 59.1. The highest BCUT2D eigenvalue weighted by molar-refractivity contribution is 5.86. The third kappa shape index (κ3) is 52.5. The Kier molecular flexibility index (Phi) is 68.6. The molecule has 0 unspecified atom stereocenters. The van der Waals surface area contributed by atoms with Crippen LogP contribution in [0, 0.1) is 0 Å². The van der Waals surface area contributed by atoms with E-state index in [1.54, 1.807) is 72.8 Å². The second-order valence-corrected chi connectivity index (χ2v) is 41.2. The number of unbranched alkanes of at least 4 members (excludes halogenated alkanes) is 66. The topological polar surface area (TPSA) is 254 Å². The number of fused-ring (bicyclic) bond motifs is 3. The number of nitrogens with zero attached hydrogens (tertiary/aromatic N) is 6. The molecule has 0 saturated carbocycles. The molecule has 18 heteroatoms. The van der Waals surface area contributed by atoms with Crippen LogP contribution in [0.4, 0.5) is 0 Å². The van der Waals surface area contributed by atoms with Crippen molar-refractivity contribution in [3.63, 3.8) is 0 Å². The van der Waals surface area contributed by atoms with E-state index in [0.717, 1.165) is 116 Å². The highest BCUT2D eigenvalue weighted by Crippen LogP contribution is 2.41. The molecule has 10 rings (SSSR count). The maximum absolute atomic E-state index is 12.1. The fourth-order valence-electron chi connectivity index (χ4n) is 19.0. The van der Waals surface area contributed by atoms with Gasteiger partial charge in [0.25, 0.3) is 0 Å². The first-order chi connectivity index (χ1) is 70.9. The van der Waals surface area contributed by atoms with Crippen LogP contribution in [0.3, 0.4) is 0 Å². The van der Waals surface area contributed by atoms with Crippen molar-refractivity contribution in [1.29, 1.82) is 0 Å². The molecule has 10 aromatic rings. The fraction of sp³-hybridized carbons (Fsp3) is 0.667. The molecule has 4 heterocycles. The van der Waals surface area contributed by atoms with Gasteiger partial charge in [-0.3, -0.25) is 29.9 Å². The number of phenolic OH excluding ortho intramolecular Hbond substituents is 6. The van der Waals surface area contributed by atoms with Crippen LogP contribution in [0.15, 0.2) is 110 Å². The summed E-state index contributed by atoms with van der Waals surface area (Å²) in [5.41, 5.74) is 2.04. The normalized spacial score (nSPS) is 11.4. The molecule has 4 aromatic heterocycles. The Morgan fingerprint density at radius 1 is 0.146 bits per heavy atom. The van der Waals surface area contributed by atoms with E-state index >= 15 is 0 Å². The molecular formula is C126H198N6O12. The van der Waals surface area contributed by atoms with E-state index in [1.807, 2.05) is 0 Å². The summed E-state index contributed by atoms with van der Waals surface area (Å²) in [6, 6.07) is 20.7. The van der Waals surface area contributed by atoms with Gasteiger partial charge in [0.05, 0.1) is 72.7 Å². The summed E-state index contributed by atoms with van der Waals surface area (Å²) in [4.78, 5) is 30.2. The molecule has 0 radical (unpaired) electrons. The van der Waals surface area contributed by atoms with Crippen molar-refractivity contribution < 1.29 is 59.1 Å². The van der Waals surface area contributed by atoms with E-state index in [9.17, 15) is 30.6 Å². The predicted molar refractivity (Wildman–Crippen MR) is 607 cm³/mol. The van der Waals surface area contributed by atoms with E-state index in [0.29, 0.717) is 107 Å². The lowest BCUT2D eigenvalue weighted by Crippen LogP contribution is -2.03. The highest BCUT2D eigenvalue weighted by atomic mass is 16.5. The summed E-state index contributed by atoms with van der Waals surface area (Å²) in [5.74, 6) is 0.245. The molecule has 144 heavy (non-hydrogen) atoms. The molecule has 0 atom stereocenters. The molecule has 0 aliphatic heterocycles. The quantitative estimate of drug-likeness (QED) is 0.0153. The molecule has 0 fully saturated rings. The van der Waals surface area contributed by atoms with Crippen LogP contribution in [0.1, 0.15) is 504 Å². The molecule has 6 bridgehead atoms. The van der Waals surface area contributed by atoms with Gasteiger partial charge in [0.1, 0.15) is 0 Å². The summed E-state index contributed by atoms with van der Waals surface area (Å²) < 4.78 is 40.4. The molecule has 0 aliphatic rings. The van der Waals surface area contributed by atoms with Gasteiger partial charge in [-0.2, -0.15) is 0 Å². The number of phenols is 6. The Labute approximate surface area is 871 Å². The van der Waals surface area contributed by atoms with Crippen molar-refractivity contribution in [2.75, 3.05) is 39.6 Å². The molecule has 6 N–H and O–H groups in total. The molecule has 0 spiro atoms. The maximum atomic E-state index is 12.1. The lowest BCUT2D eigenvalue weighted by molar-refractivity contribution is 0.259. The highest BCUT2D eigenvalue weighted by Gasteiger charge is 2.18. The van der Waals surface area contributed by atoms with Gasteiger partial charge in [-0.15, -0.1) is 0 Å². The van der Waals surface area contributed by atoms with Crippen molar-refractivity contribution >= 4 is 65.4 Å². The Hall–Kier alpha value is -9.06. The van der Waals surface area contributed by atoms with Gasteiger partial charge >= 0.3 is 0 Å². The van der Waals surface area contributed by atoms with Crippen LogP contribution in [-0.4, -0.2) is 100 Å². The number of hydrogen-bond donors (Lipinski definition) is 6. The van der Waals surface area contributed by atoms with Crippen LogP contribution < -0.4 is 28.4 Å². The van der Waals surface area contributed by atoms with Gasteiger partial charge in [0.15, 0.2) is 69.0 Å². The average Bonchev–Trinajstić information content (AvgIpc) is 0.807. The van der Waals surface area contributed by atoms with Crippen molar-refractivity contribution in [2.45, 2.75) is 504 Å². The minimum atomic E-state index is -0.446. The van der Waals surface area contributed by atoms with Gasteiger partial charge in [0, 0.05) is 106 Å². The zero-order valence-corrected chi connectivity index (χ0v) is 91.4. The van der Waals surface area contributed by atoms with E-state index in [1.165, 1.54) is 384 Å². The molecule has 0 aliphatic carbocycles. The van der Waals surface area contributed by atoms with Gasteiger partial charge in [0.2, 0.25) is 0 Å². The Bertz CT molecular complexity index is 4120. The van der Waals surface area contributed by atoms with Gasteiger partial charge in [-0.1, -0.05) is 465 Å². The third-order valence-electron chi connectivity index (χ3n) is 28.4. The van der Waals surface area contributed by atoms with Gasteiger partial charge in [-0.25, -0.2) is 0 Å². The summed E-state index contributed by atoms with van der Waals surface area (Å²) in [6.07, 6.45) is 96.1. The summed E-state index contributed by atoms with van der Waals surface area (Å²) in [5, 5.41) is 74.0. The molecular weight excluding hydrogens is 1790 g/mol. The lowest BCUT2D eigenvalue weighted by atomic mass is 10.1. The van der Waals surface area contributed by atoms with Crippen LogP contribution in [0.25, 0.3) is 65.4 Å². The maximum Gasteiger partial charge on any atom is 0.167 e. The SMILES string of the molecule is CCCCCCCCCCCCCCOc1cc2ncc3ccc(cnc4cc(OCCCCCCCCCCCCCC)c(OCCCCCCCCCCCCCC)cc4ncc4ccc(cnc5cc(OCCCCCCCCCCCCCC)c(OCCCCCCCCCCCCCC)cc5ncc5ccc(cnc2cc1OCCCCCCCCCCCCCC)c(O)c5O)c(O)c4O)c(O)c3O. The second-order valence-electron chi connectivity index (χ2n) is 41.2. The van der Waals surface area contributed by atoms with Crippen molar-refractivity contribution in [3.8, 4) is 69.0 Å².